The van der Waals surface area contributed by atoms with Gasteiger partial charge in [-0.1, -0.05) is 97.1 Å². The van der Waals surface area contributed by atoms with E-state index in [1.807, 2.05) is 122 Å². The molecule has 8 aromatic rings. The van der Waals surface area contributed by atoms with E-state index < -0.39 is 0 Å². The summed E-state index contributed by atoms with van der Waals surface area (Å²) in [6.07, 6.45) is 3.75. The summed E-state index contributed by atoms with van der Waals surface area (Å²) in [5, 5.41) is 3.82. The maximum absolute atomic E-state index is 5.02. The Kier molecular flexibility index (Phi) is 5.60. The molecule has 9 heteroatoms. The van der Waals surface area contributed by atoms with Crippen LogP contribution in [-0.4, -0.2) is 44.9 Å². The number of hydrogen-bond donors (Lipinski definition) is 3. The zero-order valence-electron chi connectivity index (χ0n) is 23.7. The molecule has 4 aromatic heterocycles. The van der Waals surface area contributed by atoms with Crippen LogP contribution in [0.3, 0.4) is 0 Å². The van der Waals surface area contributed by atoms with Crippen LogP contribution in [0.25, 0.3) is 89.7 Å². The lowest BCUT2D eigenvalue weighted by molar-refractivity contribution is 1.19. The van der Waals surface area contributed by atoms with Gasteiger partial charge < -0.3 is 15.0 Å². The molecule has 8 bridgehead atoms. The smallest absolute Gasteiger partial charge is 0.164 e. The van der Waals surface area contributed by atoms with Crippen molar-refractivity contribution < 1.29 is 0 Å². The predicted molar refractivity (Wildman–Crippen MR) is 177 cm³/mol. The van der Waals surface area contributed by atoms with E-state index in [0.717, 1.165) is 43.8 Å². The van der Waals surface area contributed by atoms with Crippen molar-refractivity contribution in [2.75, 3.05) is 0 Å². The second-order valence-corrected chi connectivity index (χ2v) is 10.7. The maximum atomic E-state index is 5.02. The molecule has 45 heavy (non-hydrogen) atoms. The second-order valence-electron chi connectivity index (χ2n) is 10.7. The Morgan fingerprint density at radius 1 is 0.311 bits per heavy atom. The fourth-order valence-corrected chi connectivity index (χ4v) is 5.87. The molecule has 0 fully saturated rings. The molecular formula is C36H23N9. The highest BCUT2D eigenvalue weighted by atomic mass is 15.1. The number of hydrogen-bond acceptors (Lipinski definition) is 6. The van der Waals surface area contributed by atoms with Crippen LogP contribution in [0.5, 0.6) is 0 Å². The maximum Gasteiger partial charge on any atom is 0.164 e. The van der Waals surface area contributed by atoms with Gasteiger partial charge in [-0.05, 0) is 12.1 Å². The largest absolute Gasteiger partial charge is 0.368 e. The van der Waals surface area contributed by atoms with E-state index >= 15 is 0 Å². The van der Waals surface area contributed by atoms with Crippen molar-refractivity contribution in [1.82, 2.24) is 44.9 Å². The van der Waals surface area contributed by atoms with Crippen LogP contribution < -0.4 is 0 Å². The van der Waals surface area contributed by atoms with Crippen LogP contribution in [-0.2, 0) is 0 Å². The number of nitrogens with one attached hydrogen (secondary N) is 3. The van der Waals surface area contributed by atoms with Crippen molar-refractivity contribution in [3.63, 3.8) is 0 Å². The van der Waals surface area contributed by atoms with Crippen LogP contribution in [0.2, 0.25) is 0 Å². The molecule has 0 amide bonds. The number of H-pyrrole nitrogens is 3. The van der Waals surface area contributed by atoms with Crippen LogP contribution in [0, 0.1) is 0 Å². The van der Waals surface area contributed by atoms with Gasteiger partial charge in [0, 0.05) is 56.2 Å². The molecule has 0 saturated heterocycles. The Balaban J connectivity index is 0.000000515. The van der Waals surface area contributed by atoms with Crippen molar-refractivity contribution in [1.29, 1.82) is 0 Å². The van der Waals surface area contributed by atoms with Gasteiger partial charge in [-0.3, -0.25) is 0 Å². The number of rotatable bonds is 0. The van der Waals surface area contributed by atoms with E-state index in [-0.39, 0.29) is 0 Å². The molecule has 9 nitrogen and oxygen atoms in total. The molecule has 10 rings (SSSR count). The summed E-state index contributed by atoms with van der Waals surface area (Å²) in [5.41, 5.74) is 6.45. The van der Waals surface area contributed by atoms with E-state index in [9.17, 15) is 0 Å². The highest BCUT2D eigenvalue weighted by Gasteiger charge is 2.21. The van der Waals surface area contributed by atoms with E-state index in [2.05, 4.69) is 15.0 Å². The minimum atomic E-state index is 0.597. The van der Waals surface area contributed by atoms with Gasteiger partial charge >= 0.3 is 0 Å². The molecule has 0 radical (unpaired) electrons. The van der Waals surface area contributed by atoms with Gasteiger partial charge in [0.1, 0.15) is 22.6 Å². The lowest BCUT2D eigenvalue weighted by atomic mass is 10.1. The third-order valence-corrected chi connectivity index (χ3v) is 7.96. The monoisotopic (exact) mass is 581 g/mol. The summed E-state index contributed by atoms with van der Waals surface area (Å²) in [6, 6.07) is 36.1. The van der Waals surface area contributed by atoms with Crippen LogP contribution in [0.15, 0.2) is 122 Å². The van der Waals surface area contributed by atoms with E-state index in [0.29, 0.717) is 45.9 Å². The molecule has 2 aliphatic rings. The van der Waals surface area contributed by atoms with Gasteiger partial charge in [-0.25, -0.2) is 29.9 Å². The number of nitrogens with zero attached hydrogens (tertiary/aromatic N) is 6. The Labute approximate surface area is 255 Å². The average Bonchev–Trinajstić information content (AvgIpc) is 3.93. The molecule has 0 saturated carbocycles. The zero-order chi connectivity index (χ0) is 29.7. The Bertz CT molecular complexity index is 2220. The Hall–Kier alpha value is -6.48. The fourth-order valence-electron chi connectivity index (χ4n) is 5.87. The predicted octanol–water partition coefficient (Wildman–Crippen LogP) is 7.88. The summed E-state index contributed by atoms with van der Waals surface area (Å²) in [7, 11) is 0. The van der Waals surface area contributed by atoms with E-state index in [1.165, 1.54) is 0 Å². The summed E-state index contributed by atoms with van der Waals surface area (Å²) in [4.78, 5) is 39.6. The first-order valence-corrected chi connectivity index (χ1v) is 14.6. The minimum absolute atomic E-state index is 0.597. The number of fused-ring (bicyclic) bond motifs is 20. The van der Waals surface area contributed by atoms with Crippen molar-refractivity contribution >= 4 is 44.1 Å². The minimum Gasteiger partial charge on any atom is -0.368 e. The SMILES string of the molecule is c1cc[nH]c1.c1ccc2c(c1)-c1nc-2nc2[nH]c(nc3nc(nc4[nH]c(n1)c1ccccc41)-c1ccccc1-3)c1ccccc21. The summed E-state index contributed by atoms with van der Waals surface area (Å²) in [5.74, 6) is 2.39. The van der Waals surface area contributed by atoms with Gasteiger partial charge in [0.15, 0.2) is 23.3 Å². The first-order valence-electron chi connectivity index (χ1n) is 14.6. The summed E-state index contributed by atoms with van der Waals surface area (Å²) >= 11 is 0. The van der Waals surface area contributed by atoms with Crippen molar-refractivity contribution in [3.8, 4) is 45.6 Å². The van der Waals surface area contributed by atoms with E-state index in [4.69, 9.17) is 29.9 Å². The molecule has 0 aliphatic carbocycles. The quantitative estimate of drug-likeness (QED) is 0.167. The highest BCUT2D eigenvalue weighted by Crippen LogP contribution is 2.36. The summed E-state index contributed by atoms with van der Waals surface area (Å²) in [6.45, 7) is 0. The van der Waals surface area contributed by atoms with Gasteiger partial charge in [-0.2, -0.15) is 0 Å². The molecule has 0 unspecified atom stereocenters. The molecule has 0 atom stereocenters. The van der Waals surface area contributed by atoms with Crippen molar-refractivity contribution in [2.45, 2.75) is 0 Å². The lowest BCUT2D eigenvalue weighted by Gasteiger charge is -1.96. The van der Waals surface area contributed by atoms with Gasteiger partial charge in [0.05, 0.1) is 0 Å². The molecule has 212 valence electrons. The van der Waals surface area contributed by atoms with Gasteiger partial charge in [-0.15, -0.1) is 0 Å². The molecule has 2 aliphatic heterocycles. The molecule has 3 N–H and O–H groups in total. The van der Waals surface area contributed by atoms with Gasteiger partial charge in [0.25, 0.3) is 0 Å². The topological polar surface area (TPSA) is 125 Å². The van der Waals surface area contributed by atoms with Crippen LogP contribution in [0.1, 0.15) is 0 Å². The molecule has 4 aromatic carbocycles. The highest BCUT2D eigenvalue weighted by molar-refractivity contribution is 6.06. The normalized spacial score (nSPS) is 11.6. The Morgan fingerprint density at radius 3 is 0.867 bits per heavy atom. The molecule has 0 spiro atoms. The lowest BCUT2D eigenvalue weighted by Crippen LogP contribution is -1.82. The van der Waals surface area contributed by atoms with Crippen molar-refractivity contribution in [3.05, 3.63) is 122 Å². The second kappa shape index (κ2) is 10.1. The third kappa shape index (κ3) is 4.17. The number of benzene rings is 4. The summed E-state index contributed by atoms with van der Waals surface area (Å²) < 4.78 is 0. The van der Waals surface area contributed by atoms with Crippen LogP contribution >= 0.6 is 0 Å². The first kappa shape index (κ1) is 25.1. The average molecular weight is 582 g/mol. The molecule has 6 heterocycles. The zero-order valence-corrected chi connectivity index (χ0v) is 23.7. The van der Waals surface area contributed by atoms with Crippen LogP contribution in [0.4, 0.5) is 0 Å². The fraction of sp³-hybridized carbons (Fsp3) is 0. The Morgan fingerprint density at radius 2 is 0.600 bits per heavy atom. The standard InChI is InChI=1S/C32H18N8.C4H5N/c1-2-10-18-17(9-1)25-33-26(18)38-28-21-13-5-6-14-22(21)30(35-28)40-32-24-16-8-7-15-23(24)31(36-32)39-29-20-12-4-3-11-19(20)27(34-29)37-25;1-2-4-5-3-1/h1-16H,(H2,33,34,35,36,37,38,39,40);1-5H. The number of aromatic nitrogens is 9. The number of aromatic amines is 3. The van der Waals surface area contributed by atoms with Crippen molar-refractivity contribution in [2.24, 2.45) is 0 Å². The van der Waals surface area contributed by atoms with E-state index in [1.54, 1.807) is 0 Å². The molecular weight excluding hydrogens is 558 g/mol. The first-order chi connectivity index (χ1) is 22.3. The van der Waals surface area contributed by atoms with Gasteiger partial charge in [0.2, 0.25) is 0 Å². The third-order valence-electron chi connectivity index (χ3n) is 7.96.